The fourth-order valence-electron chi connectivity index (χ4n) is 4.86. The van der Waals surface area contributed by atoms with E-state index in [1.807, 2.05) is 54.6 Å². The molecule has 0 spiro atoms. The summed E-state index contributed by atoms with van der Waals surface area (Å²) in [5, 5.41) is 3.12. The first kappa shape index (κ1) is 22.7. The zero-order valence-electron chi connectivity index (χ0n) is 20.2. The highest BCUT2D eigenvalue weighted by Crippen LogP contribution is 2.50. The van der Waals surface area contributed by atoms with Gasteiger partial charge in [0.05, 0.1) is 38.8 Å². The number of hydrogen-bond acceptors (Lipinski definition) is 6. The van der Waals surface area contributed by atoms with Gasteiger partial charge in [-0.2, -0.15) is 0 Å². The molecule has 0 fully saturated rings. The summed E-state index contributed by atoms with van der Waals surface area (Å²) < 4.78 is 17.2. The average Bonchev–Trinajstić information content (AvgIpc) is 3.12. The zero-order chi connectivity index (χ0) is 24.5. The fraction of sp³-hybridized carbons (Fsp3) is 0.250. The predicted octanol–water partition coefficient (Wildman–Crippen LogP) is 5.06. The average molecular weight is 470 g/mol. The number of benzene rings is 2. The number of fused-ring (bicyclic) bond motifs is 4. The van der Waals surface area contributed by atoms with E-state index < -0.39 is 0 Å². The number of aryl methyl sites for hydroxylation is 1. The molecule has 0 aromatic heterocycles. The smallest absolute Gasteiger partial charge is 0.217 e. The molecule has 0 saturated heterocycles. The van der Waals surface area contributed by atoms with Gasteiger partial charge in [0.25, 0.3) is 0 Å². The van der Waals surface area contributed by atoms with Crippen LogP contribution < -0.4 is 19.5 Å². The third-order valence-electron chi connectivity index (χ3n) is 6.40. The van der Waals surface area contributed by atoms with Gasteiger partial charge in [-0.05, 0) is 47.7 Å². The van der Waals surface area contributed by atoms with Crippen molar-refractivity contribution in [1.29, 1.82) is 0 Å². The van der Waals surface area contributed by atoms with Gasteiger partial charge in [-0.25, -0.2) is 9.97 Å². The number of methoxy groups -OCH3 is 3. The summed E-state index contributed by atoms with van der Waals surface area (Å²) in [6.07, 6.45) is 1.45. The molecular formula is C28H27N3O4. The molecule has 0 radical (unpaired) electrons. The fourth-order valence-corrected chi connectivity index (χ4v) is 4.86. The maximum atomic E-state index is 12.1. The van der Waals surface area contributed by atoms with Gasteiger partial charge in [0, 0.05) is 18.1 Å². The predicted molar refractivity (Wildman–Crippen MR) is 134 cm³/mol. The van der Waals surface area contributed by atoms with Crippen molar-refractivity contribution in [2.24, 2.45) is 0 Å². The quantitative estimate of drug-likeness (QED) is 0.440. The van der Waals surface area contributed by atoms with E-state index in [0.29, 0.717) is 23.1 Å². The molecule has 1 amide bonds. The molecule has 7 heteroatoms. The molecule has 1 heterocycles. The minimum atomic E-state index is -0.179. The van der Waals surface area contributed by atoms with Crippen molar-refractivity contribution >= 4 is 5.91 Å². The van der Waals surface area contributed by atoms with Crippen LogP contribution in [0.3, 0.4) is 0 Å². The molecular weight excluding hydrogens is 442 g/mol. The summed E-state index contributed by atoms with van der Waals surface area (Å²) in [6.45, 7) is 1.54. The van der Waals surface area contributed by atoms with Crippen molar-refractivity contribution < 1.29 is 19.0 Å². The second-order valence-corrected chi connectivity index (χ2v) is 8.50. The SMILES string of the molecule is COc1cc2c(c(OC)c1OC)-c1cc3nc(-c4ccccc4)nc-3ccc1[C@@H](NC(C)=O)CC2. The lowest BCUT2D eigenvalue weighted by Crippen LogP contribution is -2.26. The number of nitrogens with zero attached hydrogens (tertiary/aromatic N) is 2. The number of rotatable bonds is 5. The zero-order valence-corrected chi connectivity index (χ0v) is 20.2. The molecule has 0 saturated carbocycles. The van der Waals surface area contributed by atoms with Gasteiger partial charge < -0.3 is 19.5 Å². The Hall–Kier alpha value is -4.13. The molecule has 3 aliphatic rings. The number of imidazole rings is 1. The van der Waals surface area contributed by atoms with E-state index in [-0.39, 0.29) is 11.9 Å². The molecule has 2 aliphatic carbocycles. The van der Waals surface area contributed by atoms with Crippen molar-refractivity contribution in [3.63, 3.8) is 0 Å². The first-order valence-corrected chi connectivity index (χ1v) is 11.5. The molecule has 2 aromatic rings. The minimum absolute atomic E-state index is 0.0813. The van der Waals surface area contributed by atoms with Gasteiger partial charge in [0.2, 0.25) is 11.7 Å². The van der Waals surface area contributed by atoms with Gasteiger partial charge in [-0.15, -0.1) is 0 Å². The summed E-state index contributed by atoms with van der Waals surface area (Å²) >= 11 is 0. The van der Waals surface area contributed by atoms with E-state index in [9.17, 15) is 4.79 Å². The van der Waals surface area contributed by atoms with Crippen LogP contribution in [-0.4, -0.2) is 37.2 Å². The van der Waals surface area contributed by atoms with E-state index in [0.717, 1.165) is 52.0 Å². The summed E-state index contributed by atoms with van der Waals surface area (Å²) in [6, 6.07) is 17.8. The van der Waals surface area contributed by atoms with Crippen LogP contribution >= 0.6 is 0 Å². The van der Waals surface area contributed by atoms with Crippen LogP contribution in [0.1, 0.15) is 30.5 Å². The number of nitrogens with one attached hydrogen (secondary N) is 1. The lowest BCUT2D eigenvalue weighted by atomic mass is 9.95. The Balaban J connectivity index is 1.80. The van der Waals surface area contributed by atoms with Gasteiger partial charge in [-0.3, -0.25) is 4.79 Å². The molecule has 1 aliphatic heterocycles. The number of amides is 1. The summed E-state index contributed by atoms with van der Waals surface area (Å²) in [5.41, 5.74) is 6.36. The highest BCUT2D eigenvalue weighted by Gasteiger charge is 2.30. The maximum absolute atomic E-state index is 12.1. The topological polar surface area (TPSA) is 82.6 Å². The molecule has 1 N–H and O–H groups in total. The molecule has 35 heavy (non-hydrogen) atoms. The molecule has 5 rings (SSSR count). The van der Waals surface area contributed by atoms with Crippen molar-refractivity contribution in [3.8, 4) is 51.2 Å². The molecule has 178 valence electrons. The van der Waals surface area contributed by atoms with E-state index in [1.165, 1.54) is 0 Å². The van der Waals surface area contributed by atoms with Crippen molar-refractivity contribution in [1.82, 2.24) is 15.3 Å². The first-order valence-electron chi connectivity index (χ1n) is 11.5. The third-order valence-corrected chi connectivity index (χ3v) is 6.40. The summed E-state index contributed by atoms with van der Waals surface area (Å²) in [5.74, 6) is 2.31. The Morgan fingerprint density at radius 1 is 0.914 bits per heavy atom. The number of carbonyl (C=O) groups excluding carboxylic acids is 1. The Morgan fingerprint density at radius 3 is 2.34 bits per heavy atom. The molecule has 0 bridgehead atoms. The monoisotopic (exact) mass is 469 g/mol. The Kier molecular flexibility index (Phi) is 5.99. The normalized spacial score (nSPS) is 14.5. The van der Waals surface area contributed by atoms with E-state index >= 15 is 0 Å². The van der Waals surface area contributed by atoms with E-state index in [1.54, 1.807) is 28.3 Å². The summed E-state index contributed by atoms with van der Waals surface area (Å²) in [7, 11) is 4.84. The van der Waals surface area contributed by atoms with Gasteiger partial charge in [0.1, 0.15) is 0 Å². The van der Waals surface area contributed by atoms with Gasteiger partial charge in [-0.1, -0.05) is 36.4 Å². The van der Waals surface area contributed by atoms with E-state index in [4.69, 9.17) is 24.2 Å². The van der Waals surface area contributed by atoms with Crippen LogP contribution in [0.15, 0.2) is 54.6 Å². The molecule has 7 nitrogen and oxygen atoms in total. The second-order valence-electron chi connectivity index (χ2n) is 8.50. The van der Waals surface area contributed by atoms with Crippen LogP contribution in [0.4, 0.5) is 0 Å². The molecule has 2 aromatic carbocycles. The van der Waals surface area contributed by atoms with Gasteiger partial charge in [0.15, 0.2) is 17.3 Å². The van der Waals surface area contributed by atoms with Crippen LogP contribution in [0, 0.1) is 0 Å². The van der Waals surface area contributed by atoms with Gasteiger partial charge >= 0.3 is 0 Å². The largest absolute Gasteiger partial charge is 0.493 e. The van der Waals surface area contributed by atoms with Crippen LogP contribution in [-0.2, 0) is 11.2 Å². The van der Waals surface area contributed by atoms with E-state index in [2.05, 4.69) is 5.32 Å². The molecule has 1 atom stereocenters. The highest BCUT2D eigenvalue weighted by atomic mass is 16.5. The lowest BCUT2D eigenvalue weighted by Gasteiger charge is -2.19. The van der Waals surface area contributed by atoms with Crippen molar-refractivity contribution in [3.05, 3.63) is 65.7 Å². The Labute approximate surface area is 204 Å². The Morgan fingerprint density at radius 2 is 1.66 bits per heavy atom. The number of carbonyl (C=O) groups is 1. The Bertz CT molecular complexity index is 1370. The second kappa shape index (κ2) is 9.25. The first-order chi connectivity index (χ1) is 17.0. The molecule has 0 unspecified atom stereocenters. The highest BCUT2D eigenvalue weighted by molar-refractivity contribution is 5.85. The summed E-state index contributed by atoms with van der Waals surface area (Å²) in [4.78, 5) is 21.7. The van der Waals surface area contributed by atoms with Crippen LogP contribution in [0.2, 0.25) is 0 Å². The number of aromatic nitrogens is 2. The van der Waals surface area contributed by atoms with Crippen molar-refractivity contribution in [2.45, 2.75) is 25.8 Å². The van der Waals surface area contributed by atoms with Crippen LogP contribution in [0.25, 0.3) is 33.9 Å². The van der Waals surface area contributed by atoms with Crippen LogP contribution in [0.5, 0.6) is 17.2 Å². The third kappa shape index (κ3) is 4.03. The lowest BCUT2D eigenvalue weighted by molar-refractivity contribution is -0.119. The number of hydrogen-bond donors (Lipinski definition) is 1. The standard InChI is InChI=1S/C28H27N3O4/c1-16(32)29-21-12-10-18-14-24(33-2)26(34-3)27(35-4)25(18)20-15-23-22(13-11-19(20)21)30-28(31-23)17-8-6-5-7-9-17/h5-9,11,13-15,21H,10,12H2,1-4H3,(H,29,32)/t21-/m0/s1. The minimum Gasteiger partial charge on any atom is -0.493 e. The maximum Gasteiger partial charge on any atom is 0.217 e. The van der Waals surface area contributed by atoms with Crippen molar-refractivity contribution in [2.75, 3.05) is 21.3 Å². The number of ether oxygens (including phenoxy) is 3.